The van der Waals surface area contributed by atoms with Gasteiger partial charge in [-0.2, -0.15) is 0 Å². The van der Waals surface area contributed by atoms with Crippen molar-refractivity contribution in [2.45, 2.75) is 24.9 Å². The molecule has 20 heavy (non-hydrogen) atoms. The SMILES string of the molecule is O=C(NC1CC2CNC1C2)c1cnc2ccccc2c1. The number of piperidine rings is 1. The van der Waals surface area contributed by atoms with Crippen LogP contribution in [-0.4, -0.2) is 29.5 Å². The molecule has 2 bridgehead atoms. The smallest absolute Gasteiger partial charge is 0.253 e. The third-order valence-corrected chi connectivity index (χ3v) is 4.50. The first-order valence-corrected chi connectivity index (χ1v) is 7.18. The van der Waals surface area contributed by atoms with Crippen LogP contribution in [0.4, 0.5) is 0 Å². The molecule has 0 radical (unpaired) electrons. The second-order valence-electron chi connectivity index (χ2n) is 5.85. The van der Waals surface area contributed by atoms with Gasteiger partial charge in [0.1, 0.15) is 0 Å². The fraction of sp³-hybridized carbons (Fsp3) is 0.375. The van der Waals surface area contributed by atoms with Gasteiger partial charge in [-0.1, -0.05) is 18.2 Å². The highest BCUT2D eigenvalue weighted by Crippen LogP contribution is 2.31. The summed E-state index contributed by atoms with van der Waals surface area (Å²) in [4.78, 5) is 16.7. The first-order chi connectivity index (χ1) is 9.79. The third-order valence-electron chi connectivity index (χ3n) is 4.50. The van der Waals surface area contributed by atoms with Crippen LogP contribution in [0.2, 0.25) is 0 Å². The van der Waals surface area contributed by atoms with E-state index >= 15 is 0 Å². The molecule has 3 atom stereocenters. The van der Waals surface area contributed by atoms with Gasteiger partial charge in [-0.05, 0) is 37.4 Å². The predicted molar refractivity (Wildman–Crippen MR) is 77.5 cm³/mol. The molecule has 4 rings (SSSR count). The second kappa shape index (κ2) is 4.56. The van der Waals surface area contributed by atoms with Crippen LogP contribution in [0.3, 0.4) is 0 Å². The molecule has 2 aromatic rings. The highest BCUT2D eigenvalue weighted by atomic mass is 16.1. The molecule has 4 nitrogen and oxygen atoms in total. The minimum atomic E-state index is -0.0115. The van der Waals surface area contributed by atoms with E-state index in [0.29, 0.717) is 11.6 Å². The van der Waals surface area contributed by atoms with Crippen LogP contribution in [0, 0.1) is 5.92 Å². The van der Waals surface area contributed by atoms with Crippen molar-refractivity contribution in [1.82, 2.24) is 15.6 Å². The van der Waals surface area contributed by atoms with Gasteiger partial charge in [0.25, 0.3) is 5.91 Å². The highest BCUT2D eigenvalue weighted by molar-refractivity contribution is 5.97. The van der Waals surface area contributed by atoms with E-state index in [4.69, 9.17) is 0 Å². The van der Waals surface area contributed by atoms with Crippen LogP contribution in [0.15, 0.2) is 36.5 Å². The topological polar surface area (TPSA) is 54.0 Å². The summed E-state index contributed by atoms with van der Waals surface area (Å²) in [5, 5.41) is 7.62. The molecule has 1 saturated heterocycles. The molecule has 1 amide bonds. The van der Waals surface area contributed by atoms with Gasteiger partial charge in [0, 0.05) is 23.7 Å². The Balaban J connectivity index is 1.54. The van der Waals surface area contributed by atoms with Crippen molar-refractivity contribution in [3.8, 4) is 0 Å². The number of nitrogens with one attached hydrogen (secondary N) is 2. The maximum Gasteiger partial charge on any atom is 0.253 e. The molecule has 1 aliphatic heterocycles. The van der Waals surface area contributed by atoms with Crippen molar-refractivity contribution in [2.75, 3.05) is 6.54 Å². The number of aromatic nitrogens is 1. The molecule has 1 saturated carbocycles. The van der Waals surface area contributed by atoms with Gasteiger partial charge in [-0.25, -0.2) is 0 Å². The second-order valence-corrected chi connectivity index (χ2v) is 5.85. The molecule has 0 spiro atoms. The summed E-state index contributed by atoms with van der Waals surface area (Å²) in [6, 6.07) is 10.5. The summed E-state index contributed by atoms with van der Waals surface area (Å²) in [6.45, 7) is 1.11. The summed E-state index contributed by atoms with van der Waals surface area (Å²) in [5.41, 5.74) is 1.57. The molecule has 2 heterocycles. The number of benzene rings is 1. The Kier molecular flexibility index (Phi) is 2.70. The van der Waals surface area contributed by atoms with Crippen LogP contribution >= 0.6 is 0 Å². The summed E-state index contributed by atoms with van der Waals surface area (Å²) in [6.07, 6.45) is 3.96. The monoisotopic (exact) mass is 267 g/mol. The van der Waals surface area contributed by atoms with Crippen molar-refractivity contribution < 1.29 is 4.79 Å². The zero-order valence-corrected chi connectivity index (χ0v) is 11.2. The largest absolute Gasteiger partial charge is 0.348 e. The van der Waals surface area contributed by atoms with E-state index in [1.807, 2.05) is 30.3 Å². The summed E-state index contributed by atoms with van der Waals surface area (Å²) < 4.78 is 0. The standard InChI is InChI=1S/C16H17N3O/c20-16(19-15-6-10-5-14(15)17-8-10)12-7-11-3-1-2-4-13(11)18-9-12/h1-4,7,9-10,14-15,17H,5-6,8H2,(H,19,20). The third kappa shape index (κ3) is 1.96. The van der Waals surface area contributed by atoms with E-state index in [1.54, 1.807) is 6.20 Å². The fourth-order valence-corrected chi connectivity index (χ4v) is 3.46. The Hall–Kier alpha value is -1.94. The van der Waals surface area contributed by atoms with Crippen LogP contribution in [0.1, 0.15) is 23.2 Å². The number of para-hydroxylation sites is 1. The van der Waals surface area contributed by atoms with E-state index in [0.717, 1.165) is 29.8 Å². The van der Waals surface area contributed by atoms with Crippen LogP contribution < -0.4 is 10.6 Å². The Morgan fingerprint density at radius 1 is 1.30 bits per heavy atom. The number of hydrogen-bond acceptors (Lipinski definition) is 3. The number of hydrogen-bond donors (Lipinski definition) is 2. The Labute approximate surface area is 117 Å². The number of rotatable bonds is 2. The molecule has 1 aromatic carbocycles. The number of nitrogens with zero attached hydrogens (tertiary/aromatic N) is 1. The van der Waals surface area contributed by atoms with Gasteiger partial charge in [0.15, 0.2) is 0 Å². The highest BCUT2D eigenvalue weighted by Gasteiger charge is 2.40. The molecule has 4 heteroatoms. The lowest BCUT2D eigenvalue weighted by molar-refractivity contribution is 0.0928. The summed E-state index contributed by atoms with van der Waals surface area (Å²) >= 11 is 0. The number of pyridine rings is 1. The molecular weight excluding hydrogens is 250 g/mol. The molecule has 2 aliphatic rings. The lowest BCUT2D eigenvalue weighted by Crippen LogP contribution is -2.47. The van der Waals surface area contributed by atoms with Crippen molar-refractivity contribution >= 4 is 16.8 Å². The molecule has 2 N–H and O–H groups in total. The van der Waals surface area contributed by atoms with Gasteiger partial charge < -0.3 is 10.6 Å². The number of carbonyl (C=O) groups is 1. The Bertz CT molecular complexity index is 670. The molecule has 1 aromatic heterocycles. The molecule has 102 valence electrons. The van der Waals surface area contributed by atoms with Crippen molar-refractivity contribution in [3.63, 3.8) is 0 Å². The van der Waals surface area contributed by atoms with E-state index in [2.05, 4.69) is 15.6 Å². The zero-order valence-electron chi connectivity index (χ0n) is 11.2. The Morgan fingerprint density at radius 3 is 3.00 bits per heavy atom. The zero-order chi connectivity index (χ0) is 13.5. The van der Waals surface area contributed by atoms with Crippen molar-refractivity contribution in [3.05, 3.63) is 42.1 Å². The Morgan fingerprint density at radius 2 is 2.20 bits per heavy atom. The summed E-state index contributed by atoms with van der Waals surface area (Å²) in [5.74, 6) is 0.725. The molecule has 2 fully saturated rings. The van der Waals surface area contributed by atoms with Gasteiger partial charge in [-0.3, -0.25) is 9.78 Å². The molecular formula is C16H17N3O. The lowest BCUT2D eigenvalue weighted by Gasteiger charge is -2.23. The van der Waals surface area contributed by atoms with Crippen molar-refractivity contribution in [2.24, 2.45) is 5.92 Å². The van der Waals surface area contributed by atoms with Crippen LogP contribution in [0.25, 0.3) is 10.9 Å². The molecule has 1 aliphatic carbocycles. The van der Waals surface area contributed by atoms with Gasteiger partial charge in [0.2, 0.25) is 0 Å². The number of fused-ring (bicyclic) bond motifs is 3. The van der Waals surface area contributed by atoms with E-state index < -0.39 is 0 Å². The lowest BCUT2D eigenvalue weighted by atomic mass is 10.1. The summed E-state index contributed by atoms with van der Waals surface area (Å²) in [7, 11) is 0. The average Bonchev–Trinajstić information content (AvgIpc) is 3.09. The van der Waals surface area contributed by atoms with Gasteiger partial charge in [0.05, 0.1) is 11.1 Å². The minimum absolute atomic E-state index is 0.0115. The maximum atomic E-state index is 12.3. The first-order valence-electron chi connectivity index (χ1n) is 7.18. The van der Waals surface area contributed by atoms with E-state index in [-0.39, 0.29) is 11.9 Å². The van der Waals surface area contributed by atoms with Crippen LogP contribution in [-0.2, 0) is 0 Å². The fourth-order valence-electron chi connectivity index (χ4n) is 3.46. The number of carbonyl (C=O) groups excluding carboxylic acids is 1. The van der Waals surface area contributed by atoms with Crippen LogP contribution in [0.5, 0.6) is 0 Å². The van der Waals surface area contributed by atoms with Gasteiger partial charge >= 0.3 is 0 Å². The maximum absolute atomic E-state index is 12.3. The van der Waals surface area contributed by atoms with Crippen molar-refractivity contribution in [1.29, 1.82) is 0 Å². The molecule has 3 unspecified atom stereocenters. The first kappa shape index (κ1) is 11.9. The average molecular weight is 267 g/mol. The van der Waals surface area contributed by atoms with E-state index in [9.17, 15) is 4.79 Å². The minimum Gasteiger partial charge on any atom is -0.348 e. The predicted octanol–water partition coefficient (Wildman–Crippen LogP) is 1.71. The number of amides is 1. The van der Waals surface area contributed by atoms with E-state index in [1.165, 1.54) is 6.42 Å². The van der Waals surface area contributed by atoms with Gasteiger partial charge in [-0.15, -0.1) is 0 Å². The quantitative estimate of drug-likeness (QED) is 0.871. The normalized spacial score (nSPS) is 27.9.